The Morgan fingerprint density at radius 1 is 1.28 bits per heavy atom. The average molecular weight is 523 g/mol. The van der Waals surface area contributed by atoms with Gasteiger partial charge >= 0.3 is 0 Å². The van der Waals surface area contributed by atoms with Crippen molar-refractivity contribution in [3.63, 3.8) is 0 Å². The van der Waals surface area contributed by atoms with E-state index in [-0.39, 0.29) is 46.9 Å². The summed E-state index contributed by atoms with van der Waals surface area (Å²) in [6.07, 6.45) is -2.75. The van der Waals surface area contributed by atoms with Crippen LogP contribution in [0.15, 0.2) is 23.4 Å². The standard InChI is InChI=1S/C24H31FN6O4S/c1-3-8-36-24-27-22(26-16-10-14(16)13-5-4-12(2)15(25)9-13)19-23(28-24)31(30-29-19)17-11-18(35-7-6-32)21(34)20(17)33/h4-5,9,14,16-18,20-21,32-34H,3,6-8,10-11H2,1-2H3,(H,26,27,28)/t14-,16+,17+,18-,20-,21+/m0/s1/i6D2,8D2. The molecule has 0 unspecified atom stereocenters. The van der Waals surface area contributed by atoms with Crippen molar-refractivity contribution in [3.05, 3.63) is 35.1 Å². The van der Waals surface area contributed by atoms with Gasteiger partial charge in [0.05, 0.1) is 28.1 Å². The zero-order chi connectivity index (χ0) is 29.0. The van der Waals surface area contributed by atoms with Crippen molar-refractivity contribution < 1.29 is 29.9 Å². The zero-order valence-electron chi connectivity index (χ0n) is 23.8. The van der Waals surface area contributed by atoms with E-state index in [9.17, 15) is 19.7 Å². The van der Waals surface area contributed by atoms with E-state index in [1.54, 1.807) is 19.9 Å². The molecule has 12 heteroatoms. The number of benzene rings is 1. The zero-order valence-corrected chi connectivity index (χ0v) is 20.6. The molecule has 36 heavy (non-hydrogen) atoms. The van der Waals surface area contributed by atoms with Gasteiger partial charge in [0.1, 0.15) is 18.0 Å². The van der Waals surface area contributed by atoms with Crippen molar-refractivity contribution in [3.8, 4) is 0 Å². The molecule has 0 amide bonds. The van der Waals surface area contributed by atoms with E-state index in [0.29, 0.717) is 11.4 Å². The summed E-state index contributed by atoms with van der Waals surface area (Å²) in [7, 11) is 0. The third-order valence-corrected chi connectivity index (χ3v) is 7.42. The van der Waals surface area contributed by atoms with E-state index in [1.165, 1.54) is 10.7 Å². The Morgan fingerprint density at radius 2 is 2.11 bits per heavy atom. The van der Waals surface area contributed by atoms with Crippen LogP contribution in [0.5, 0.6) is 0 Å². The lowest BCUT2D eigenvalue weighted by molar-refractivity contribution is -0.0629. The van der Waals surface area contributed by atoms with Crippen molar-refractivity contribution in [2.45, 2.75) is 74.6 Å². The fourth-order valence-electron chi connectivity index (χ4n) is 4.57. The maximum atomic E-state index is 14.1. The van der Waals surface area contributed by atoms with Gasteiger partial charge in [-0.3, -0.25) is 0 Å². The monoisotopic (exact) mass is 522 g/mol. The molecular weight excluding hydrogens is 487 g/mol. The van der Waals surface area contributed by atoms with Crippen molar-refractivity contribution in [2.24, 2.45) is 0 Å². The van der Waals surface area contributed by atoms with Gasteiger partial charge in [0, 0.05) is 26.8 Å². The summed E-state index contributed by atoms with van der Waals surface area (Å²) in [5.74, 6) is 0.0940. The molecule has 194 valence electrons. The van der Waals surface area contributed by atoms with Gasteiger partial charge in [0.2, 0.25) is 0 Å². The minimum absolute atomic E-state index is 0.0333. The number of aryl methyl sites for hydroxylation is 1. The van der Waals surface area contributed by atoms with Gasteiger partial charge < -0.3 is 25.4 Å². The van der Waals surface area contributed by atoms with Crippen LogP contribution in [0.3, 0.4) is 0 Å². The summed E-state index contributed by atoms with van der Waals surface area (Å²) >= 11 is 0.837. The number of aliphatic hydroxyl groups is 3. The van der Waals surface area contributed by atoms with Crippen LogP contribution in [-0.2, 0) is 4.74 Å². The van der Waals surface area contributed by atoms with Crippen LogP contribution < -0.4 is 5.32 Å². The number of hydrogen-bond acceptors (Lipinski definition) is 10. The molecule has 5 rings (SSSR count). The Bertz CT molecular complexity index is 1400. The second kappa shape index (κ2) is 10.5. The second-order valence-electron chi connectivity index (χ2n) is 9.05. The number of nitrogens with zero attached hydrogens (tertiary/aromatic N) is 5. The van der Waals surface area contributed by atoms with Crippen molar-refractivity contribution in [1.29, 1.82) is 0 Å². The molecule has 2 aliphatic rings. The summed E-state index contributed by atoms with van der Waals surface area (Å²) in [5, 5.41) is 42.5. The molecule has 2 fully saturated rings. The summed E-state index contributed by atoms with van der Waals surface area (Å²) in [6, 6.07) is 4.24. The van der Waals surface area contributed by atoms with Gasteiger partial charge in [-0.1, -0.05) is 36.0 Å². The molecule has 3 aromatic rings. The first-order valence-corrected chi connectivity index (χ1v) is 12.6. The van der Waals surface area contributed by atoms with Crippen LogP contribution in [0.1, 0.15) is 54.8 Å². The van der Waals surface area contributed by atoms with Gasteiger partial charge in [-0.25, -0.2) is 19.0 Å². The molecule has 6 atom stereocenters. The van der Waals surface area contributed by atoms with Crippen molar-refractivity contribution in [2.75, 3.05) is 24.2 Å². The Balaban J connectivity index is 1.45. The highest BCUT2D eigenvalue weighted by atomic mass is 32.2. The van der Waals surface area contributed by atoms with Gasteiger partial charge in [-0.2, -0.15) is 0 Å². The van der Waals surface area contributed by atoms with Gasteiger partial charge in [0.25, 0.3) is 0 Å². The van der Waals surface area contributed by atoms with Crippen LogP contribution in [0.25, 0.3) is 11.2 Å². The predicted octanol–water partition coefficient (Wildman–Crippen LogP) is 2.18. The number of halogens is 1. The predicted molar refractivity (Wildman–Crippen MR) is 133 cm³/mol. The average Bonchev–Trinajstić information content (AvgIpc) is 3.42. The number of nitrogens with one attached hydrogen (secondary N) is 1. The number of anilines is 1. The molecule has 2 saturated carbocycles. The second-order valence-corrected chi connectivity index (χ2v) is 9.91. The molecule has 0 radical (unpaired) electrons. The van der Waals surface area contributed by atoms with Crippen LogP contribution >= 0.6 is 11.8 Å². The summed E-state index contributed by atoms with van der Waals surface area (Å²) < 4.78 is 51.7. The third kappa shape index (κ3) is 4.92. The smallest absolute Gasteiger partial charge is 0.191 e. The highest BCUT2D eigenvalue weighted by molar-refractivity contribution is 7.99. The molecule has 4 N–H and O–H groups in total. The first-order valence-electron chi connectivity index (χ1n) is 13.8. The maximum Gasteiger partial charge on any atom is 0.191 e. The summed E-state index contributed by atoms with van der Waals surface area (Å²) in [6.45, 7) is 0.113. The largest absolute Gasteiger partial charge is 0.394 e. The van der Waals surface area contributed by atoms with Crippen LogP contribution in [0.2, 0.25) is 0 Å². The lowest BCUT2D eigenvalue weighted by Crippen LogP contribution is -2.33. The van der Waals surface area contributed by atoms with E-state index in [4.69, 9.17) is 10.2 Å². The van der Waals surface area contributed by atoms with Gasteiger partial charge in [0.15, 0.2) is 22.1 Å². The first-order chi connectivity index (χ1) is 18.8. The quantitative estimate of drug-likeness (QED) is 0.231. The maximum absolute atomic E-state index is 14.1. The summed E-state index contributed by atoms with van der Waals surface area (Å²) in [4.78, 5) is 9.02. The normalized spacial score (nSPS) is 30.1. The molecule has 1 aromatic carbocycles. The number of rotatable bonds is 10. The lowest BCUT2D eigenvalue weighted by Gasteiger charge is -2.17. The SMILES string of the molecule is [2H]C([2H])(O)CO[C@H]1C[C@@H](n2nnc3c(N[C@@H]4C[C@H]4c4ccc(C)c(F)c4)nc(SC([2H])([2H])CC)nc32)[C@H](O)[C@@H]1O. The number of fused-ring (bicyclic) bond motifs is 1. The van der Waals surface area contributed by atoms with E-state index >= 15 is 0 Å². The molecular formula is C24H31FN6O4S. The molecule has 0 bridgehead atoms. The number of aliphatic hydroxyl groups excluding tert-OH is 2. The van der Waals surface area contributed by atoms with Gasteiger partial charge in [-0.05, 0) is 37.0 Å². The fraction of sp³-hybridized carbons (Fsp3) is 0.583. The van der Waals surface area contributed by atoms with Crippen molar-refractivity contribution >= 4 is 28.7 Å². The van der Waals surface area contributed by atoms with E-state index in [1.807, 2.05) is 6.07 Å². The molecule has 10 nitrogen and oxygen atoms in total. The number of thioether (sulfide) groups is 1. The molecule has 2 aromatic heterocycles. The Morgan fingerprint density at radius 3 is 2.86 bits per heavy atom. The van der Waals surface area contributed by atoms with E-state index in [2.05, 4.69) is 25.6 Å². The molecule has 0 spiro atoms. The van der Waals surface area contributed by atoms with E-state index in [0.717, 1.165) is 23.7 Å². The lowest BCUT2D eigenvalue weighted by atomic mass is 10.1. The number of ether oxygens (including phenoxy) is 1. The number of hydrogen-bond donors (Lipinski definition) is 4. The van der Waals surface area contributed by atoms with Crippen molar-refractivity contribution in [1.82, 2.24) is 25.0 Å². The Labute approximate surface area is 217 Å². The molecule has 0 saturated heterocycles. The third-order valence-electron chi connectivity index (χ3n) is 6.62. The first kappa shape index (κ1) is 20.7. The van der Waals surface area contributed by atoms with Crippen LogP contribution in [0.4, 0.5) is 10.2 Å². The topological polar surface area (TPSA) is 138 Å². The Hall–Kier alpha value is -2.38. The Kier molecular flexibility index (Phi) is 6.05. The number of aromatic nitrogens is 5. The van der Waals surface area contributed by atoms with Gasteiger partial charge in [-0.15, -0.1) is 5.10 Å². The minimum Gasteiger partial charge on any atom is -0.394 e. The fourth-order valence-corrected chi connectivity index (χ4v) is 5.12. The van der Waals surface area contributed by atoms with Crippen LogP contribution in [0, 0.1) is 12.7 Å². The van der Waals surface area contributed by atoms with Crippen LogP contribution in [-0.4, -0.2) is 83.5 Å². The summed E-state index contributed by atoms with van der Waals surface area (Å²) in [5.41, 5.74) is 0.250. The minimum atomic E-state index is -2.61. The molecule has 0 aliphatic heterocycles. The van der Waals surface area contributed by atoms with E-state index < -0.39 is 43.2 Å². The molecule has 2 aliphatic carbocycles. The highest BCUT2D eigenvalue weighted by Gasteiger charge is 2.45. The highest BCUT2D eigenvalue weighted by Crippen LogP contribution is 2.44. The molecule has 2 heterocycles.